The highest BCUT2D eigenvalue weighted by Crippen LogP contribution is 2.26. The maximum absolute atomic E-state index is 12.7. The van der Waals surface area contributed by atoms with Crippen LogP contribution < -0.4 is 20.3 Å². The first kappa shape index (κ1) is 23.8. The van der Waals surface area contributed by atoms with Crippen LogP contribution >= 0.6 is 0 Å². The molecule has 0 bridgehead atoms. The van der Waals surface area contributed by atoms with Gasteiger partial charge >= 0.3 is 0 Å². The minimum Gasteiger partial charge on any atom is -0.497 e. The van der Waals surface area contributed by atoms with Crippen LogP contribution in [0.15, 0.2) is 65.2 Å². The van der Waals surface area contributed by atoms with Gasteiger partial charge in [0.1, 0.15) is 5.75 Å². The van der Waals surface area contributed by atoms with Gasteiger partial charge in [-0.25, -0.2) is 0 Å². The highest BCUT2D eigenvalue weighted by molar-refractivity contribution is 5.76. The van der Waals surface area contributed by atoms with E-state index >= 15 is 0 Å². The Balaban J connectivity index is 1.28. The lowest BCUT2D eigenvalue weighted by atomic mass is 9.81. The first-order valence-corrected chi connectivity index (χ1v) is 11.9. The van der Waals surface area contributed by atoms with Crippen molar-refractivity contribution in [3.63, 3.8) is 0 Å². The molecule has 7 heteroatoms. The summed E-state index contributed by atoms with van der Waals surface area (Å²) in [5.41, 5.74) is 3.15. The summed E-state index contributed by atoms with van der Waals surface area (Å²) < 4.78 is 10.8. The van der Waals surface area contributed by atoms with Crippen LogP contribution in [0.4, 0.5) is 5.69 Å². The van der Waals surface area contributed by atoms with E-state index in [4.69, 9.17) is 9.26 Å². The number of methoxy groups -OCH3 is 1. The molecule has 2 N–H and O–H groups in total. The van der Waals surface area contributed by atoms with Crippen molar-refractivity contribution in [2.24, 2.45) is 11.8 Å². The Bertz CT molecular complexity index is 1040. The number of aromatic nitrogens is 1. The molecule has 1 fully saturated rings. The molecule has 2 heterocycles. The van der Waals surface area contributed by atoms with Crippen LogP contribution in [-0.4, -0.2) is 38.3 Å². The van der Waals surface area contributed by atoms with Crippen molar-refractivity contribution >= 4 is 11.6 Å². The molecule has 34 heavy (non-hydrogen) atoms. The molecule has 0 spiro atoms. The minimum absolute atomic E-state index is 0.0954. The van der Waals surface area contributed by atoms with Crippen molar-refractivity contribution in [1.82, 2.24) is 15.8 Å². The number of ether oxygens (including phenoxy) is 1. The number of hydrogen-bond acceptors (Lipinski definition) is 6. The molecule has 180 valence electrons. The van der Waals surface area contributed by atoms with Crippen LogP contribution in [0.5, 0.6) is 5.75 Å². The fourth-order valence-electron chi connectivity index (χ4n) is 4.54. The summed E-state index contributed by atoms with van der Waals surface area (Å²) in [6, 6.07) is 20.1. The quantitative estimate of drug-likeness (QED) is 0.477. The molecule has 2 atom stereocenters. The van der Waals surface area contributed by atoms with Gasteiger partial charge in [0.2, 0.25) is 5.91 Å². The number of rotatable bonds is 10. The zero-order chi connectivity index (χ0) is 23.8. The highest BCUT2D eigenvalue weighted by atomic mass is 16.5. The van der Waals surface area contributed by atoms with Crippen molar-refractivity contribution in [2.75, 3.05) is 32.1 Å². The second kappa shape index (κ2) is 11.7. The standard InChI is InChI=1S/C27H34N4O3/c1-31(24-6-4-3-5-7-24)19-26-16-23(30-34-26)14-22-18-28-13-12-21(22)15-27(32)29-17-20-8-10-25(33-2)11-9-20/h3-11,16,21-22,28H,12-15,17-19H2,1-2H3,(H,29,32)/t21-,22+/m0/s1. The van der Waals surface area contributed by atoms with Gasteiger partial charge in [0.05, 0.1) is 19.3 Å². The van der Waals surface area contributed by atoms with E-state index in [-0.39, 0.29) is 5.91 Å². The highest BCUT2D eigenvalue weighted by Gasteiger charge is 2.28. The molecule has 0 saturated carbocycles. The zero-order valence-electron chi connectivity index (χ0n) is 20.0. The number of benzene rings is 2. The number of carbonyl (C=O) groups excluding carboxylic acids is 1. The number of nitrogens with zero attached hydrogens (tertiary/aromatic N) is 2. The molecule has 7 nitrogen and oxygen atoms in total. The third-order valence-corrected chi connectivity index (χ3v) is 6.53. The molecule has 0 unspecified atom stereocenters. The van der Waals surface area contributed by atoms with Crippen molar-refractivity contribution in [3.8, 4) is 5.75 Å². The predicted octanol–water partition coefficient (Wildman–Crippen LogP) is 3.79. The normalized spacial score (nSPS) is 17.8. The molecule has 2 aromatic carbocycles. The van der Waals surface area contributed by atoms with Crippen LogP contribution in [0.2, 0.25) is 0 Å². The Morgan fingerprint density at radius 2 is 1.97 bits per heavy atom. The van der Waals surface area contributed by atoms with E-state index in [0.29, 0.717) is 31.3 Å². The Hall–Kier alpha value is -3.32. The lowest BCUT2D eigenvalue weighted by Gasteiger charge is -2.31. The second-order valence-corrected chi connectivity index (χ2v) is 9.02. The van der Waals surface area contributed by atoms with Crippen LogP contribution in [0.25, 0.3) is 0 Å². The Labute approximate surface area is 201 Å². The largest absolute Gasteiger partial charge is 0.497 e. The Morgan fingerprint density at radius 3 is 2.74 bits per heavy atom. The first-order chi connectivity index (χ1) is 16.6. The number of amides is 1. The van der Waals surface area contributed by atoms with E-state index in [1.807, 2.05) is 49.5 Å². The fraction of sp³-hybridized carbons (Fsp3) is 0.407. The van der Waals surface area contributed by atoms with E-state index in [1.54, 1.807) is 7.11 Å². The average Bonchev–Trinajstić information content (AvgIpc) is 3.31. The summed E-state index contributed by atoms with van der Waals surface area (Å²) in [6.07, 6.45) is 2.33. The van der Waals surface area contributed by atoms with Crippen LogP contribution in [0, 0.1) is 11.8 Å². The second-order valence-electron chi connectivity index (χ2n) is 9.02. The molecule has 1 amide bonds. The average molecular weight is 463 g/mol. The number of piperidine rings is 1. The Morgan fingerprint density at radius 1 is 1.18 bits per heavy atom. The number of anilines is 1. The Kier molecular flexibility index (Phi) is 8.20. The summed E-state index contributed by atoms with van der Waals surface area (Å²) in [7, 11) is 3.69. The van der Waals surface area contributed by atoms with Crippen molar-refractivity contribution in [1.29, 1.82) is 0 Å². The van der Waals surface area contributed by atoms with Gasteiger partial charge < -0.3 is 24.8 Å². The smallest absolute Gasteiger partial charge is 0.220 e. The van der Waals surface area contributed by atoms with Crippen molar-refractivity contribution in [2.45, 2.75) is 32.4 Å². The third kappa shape index (κ3) is 6.60. The molecule has 4 rings (SSSR count). The monoisotopic (exact) mass is 462 g/mol. The van der Waals surface area contributed by atoms with Gasteiger partial charge in [-0.2, -0.15) is 0 Å². The van der Waals surface area contributed by atoms with Crippen molar-refractivity contribution in [3.05, 3.63) is 77.7 Å². The number of hydrogen-bond donors (Lipinski definition) is 2. The van der Waals surface area contributed by atoms with Gasteiger partial charge in [-0.1, -0.05) is 35.5 Å². The van der Waals surface area contributed by atoms with Crippen LogP contribution in [0.3, 0.4) is 0 Å². The molecule has 1 aromatic heterocycles. The van der Waals surface area contributed by atoms with Crippen molar-refractivity contribution < 1.29 is 14.1 Å². The number of para-hydroxylation sites is 1. The topological polar surface area (TPSA) is 79.6 Å². The molecular weight excluding hydrogens is 428 g/mol. The molecule has 1 aliphatic rings. The first-order valence-electron chi connectivity index (χ1n) is 11.9. The lowest BCUT2D eigenvalue weighted by molar-refractivity contribution is -0.122. The van der Waals surface area contributed by atoms with Gasteiger partial charge in [-0.3, -0.25) is 4.79 Å². The maximum atomic E-state index is 12.7. The molecule has 0 aliphatic carbocycles. The van der Waals surface area contributed by atoms with Crippen LogP contribution in [-0.2, 0) is 24.3 Å². The molecular formula is C27H34N4O3. The van der Waals surface area contributed by atoms with Gasteiger partial charge in [0.25, 0.3) is 0 Å². The maximum Gasteiger partial charge on any atom is 0.220 e. The van der Waals surface area contributed by atoms with Gasteiger partial charge in [-0.15, -0.1) is 0 Å². The zero-order valence-corrected chi connectivity index (χ0v) is 20.0. The summed E-state index contributed by atoms with van der Waals surface area (Å²) >= 11 is 0. The van der Waals surface area contributed by atoms with E-state index in [9.17, 15) is 4.79 Å². The predicted molar refractivity (Wildman–Crippen MR) is 133 cm³/mol. The fourth-order valence-corrected chi connectivity index (χ4v) is 4.54. The SMILES string of the molecule is COc1ccc(CNC(=O)C[C@@H]2CCNC[C@H]2Cc2cc(CN(C)c3ccccc3)on2)cc1. The summed E-state index contributed by atoms with van der Waals surface area (Å²) in [5.74, 6) is 2.43. The lowest BCUT2D eigenvalue weighted by Crippen LogP contribution is -2.40. The minimum atomic E-state index is 0.0954. The van der Waals surface area contributed by atoms with Crippen LogP contribution in [0.1, 0.15) is 29.9 Å². The summed E-state index contributed by atoms with van der Waals surface area (Å²) in [5, 5.41) is 10.9. The van der Waals surface area contributed by atoms with E-state index in [1.165, 1.54) is 0 Å². The summed E-state index contributed by atoms with van der Waals surface area (Å²) in [6.45, 7) is 3.03. The third-order valence-electron chi connectivity index (χ3n) is 6.53. The number of nitrogens with one attached hydrogen (secondary N) is 2. The molecule has 3 aromatic rings. The van der Waals surface area contributed by atoms with Gasteiger partial charge in [0.15, 0.2) is 5.76 Å². The van der Waals surface area contributed by atoms with E-state index in [2.05, 4.69) is 38.9 Å². The molecule has 0 radical (unpaired) electrons. The molecule has 1 aliphatic heterocycles. The van der Waals surface area contributed by atoms with E-state index < -0.39 is 0 Å². The number of carbonyl (C=O) groups is 1. The summed E-state index contributed by atoms with van der Waals surface area (Å²) in [4.78, 5) is 14.8. The van der Waals surface area contributed by atoms with Gasteiger partial charge in [0, 0.05) is 31.8 Å². The molecule has 1 saturated heterocycles. The van der Waals surface area contributed by atoms with Gasteiger partial charge in [-0.05, 0) is 67.6 Å². The van der Waals surface area contributed by atoms with E-state index in [0.717, 1.165) is 54.4 Å².